The van der Waals surface area contributed by atoms with E-state index >= 15 is 0 Å². The standard InChI is InChI=1S/C26H30ClN5/c1-3-4-5-22(32-15-14-28-18-32)17-29-26-23-16-19(2)6-12-24(23)30-25(31-26)13-9-20-7-10-21(27)11-8-20/h6-13,16,18,22H,3-5,14-15,17H2,1-2H3,(H,29,30,31). The van der Waals surface area contributed by atoms with Gasteiger partial charge in [0.15, 0.2) is 5.82 Å². The summed E-state index contributed by atoms with van der Waals surface area (Å²) in [5.41, 5.74) is 3.20. The minimum atomic E-state index is 0.407. The van der Waals surface area contributed by atoms with Gasteiger partial charge in [0.2, 0.25) is 0 Å². The summed E-state index contributed by atoms with van der Waals surface area (Å²) in [7, 11) is 0. The van der Waals surface area contributed by atoms with Gasteiger partial charge in [-0.05, 0) is 49.2 Å². The Morgan fingerprint density at radius 1 is 1.12 bits per heavy atom. The summed E-state index contributed by atoms with van der Waals surface area (Å²) >= 11 is 6.00. The lowest BCUT2D eigenvalue weighted by atomic mass is 10.1. The summed E-state index contributed by atoms with van der Waals surface area (Å²) < 4.78 is 0. The molecule has 1 unspecified atom stereocenters. The molecule has 2 aromatic carbocycles. The molecule has 0 aliphatic carbocycles. The third-order valence-electron chi connectivity index (χ3n) is 5.75. The van der Waals surface area contributed by atoms with E-state index in [1.807, 2.05) is 42.8 Å². The zero-order valence-electron chi connectivity index (χ0n) is 18.8. The van der Waals surface area contributed by atoms with Gasteiger partial charge in [-0.25, -0.2) is 9.97 Å². The highest BCUT2D eigenvalue weighted by Gasteiger charge is 2.18. The Hall–Kier alpha value is -2.92. The normalized spacial score (nSPS) is 14.5. The van der Waals surface area contributed by atoms with E-state index in [2.05, 4.69) is 47.3 Å². The molecule has 1 N–H and O–H groups in total. The molecule has 2 heterocycles. The summed E-state index contributed by atoms with van der Waals surface area (Å²) in [5, 5.41) is 5.42. The van der Waals surface area contributed by atoms with Gasteiger partial charge >= 0.3 is 0 Å². The fraction of sp³-hybridized carbons (Fsp3) is 0.346. The van der Waals surface area contributed by atoms with Crippen molar-refractivity contribution in [2.75, 3.05) is 25.0 Å². The van der Waals surface area contributed by atoms with Crippen LogP contribution >= 0.6 is 11.6 Å². The molecule has 6 heteroatoms. The van der Waals surface area contributed by atoms with E-state index < -0.39 is 0 Å². The van der Waals surface area contributed by atoms with Crippen LogP contribution in [-0.4, -0.2) is 46.9 Å². The second kappa shape index (κ2) is 10.6. The number of aliphatic imine (C=N–C) groups is 1. The van der Waals surface area contributed by atoms with E-state index in [0.717, 1.165) is 53.4 Å². The number of aromatic nitrogens is 2. The van der Waals surface area contributed by atoms with Crippen LogP contribution in [0.15, 0.2) is 47.5 Å². The Balaban J connectivity index is 1.60. The van der Waals surface area contributed by atoms with Gasteiger partial charge in [0, 0.05) is 29.5 Å². The maximum absolute atomic E-state index is 6.00. The maximum Gasteiger partial charge on any atom is 0.154 e. The SMILES string of the molecule is CCCCC(CNc1nc(C=Cc2ccc(Cl)cc2)nc2ccc(C)cc12)N1C=NCC1. The van der Waals surface area contributed by atoms with Gasteiger partial charge in [-0.15, -0.1) is 0 Å². The molecule has 5 nitrogen and oxygen atoms in total. The number of hydrogen-bond donors (Lipinski definition) is 1. The molecule has 0 saturated carbocycles. The predicted molar refractivity (Wildman–Crippen MR) is 137 cm³/mol. The van der Waals surface area contributed by atoms with Crippen molar-refractivity contribution in [2.45, 2.75) is 39.2 Å². The average molecular weight is 448 g/mol. The molecule has 0 amide bonds. The molecule has 0 saturated heterocycles. The van der Waals surface area contributed by atoms with Crippen molar-refractivity contribution in [3.63, 3.8) is 0 Å². The summed E-state index contributed by atoms with van der Waals surface area (Å²) in [4.78, 5) is 16.4. The molecule has 1 aliphatic heterocycles. The molecule has 0 radical (unpaired) electrons. The van der Waals surface area contributed by atoms with Crippen LogP contribution in [-0.2, 0) is 0 Å². The van der Waals surface area contributed by atoms with Gasteiger partial charge in [0.05, 0.1) is 18.4 Å². The predicted octanol–water partition coefficient (Wildman–Crippen LogP) is 6.08. The number of fused-ring (bicyclic) bond motifs is 1. The van der Waals surface area contributed by atoms with Gasteiger partial charge in [0.1, 0.15) is 5.82 Å². The average Bonchev–Trinajstić information content (AvgIpc) is 3.34. The quantitative estimate of drug-likeness (QED) is 0.432. The number of nitrogens with zero attached hydrogens (tertiary/aromatic N) is 4. The first kappa shape index (κ1) is 22.3. The Bertz CT molecular complexity index is 1110. The summed E-state index contributed by atoms with van der Waals surface area (Å²) in [5.74, 6) is 1.57. The van der Waals surface area contributed by atoms with E-state index in [1.165, 1.54) is 18.4 Å². The third kappa shape index (κ3) is 5.65. The zero-order valence-corrected chi connectivity index (χ0v) is 19.5. The lowest BCUT2D eigenvalue weighted by molar-refractivity contribution is 0.330. The number of nitrogens with one attached hydrogen (secondary N) is 1. The van der Waals surface area contributed by atoms with Crippen molar-refractivity contribution in [3.05, 3.63) is 64.4 Å². The van der Waals surface area contributed by atoms with E-state index in [9.17, 15) is 0 Å². The number of rotatable bonds is 9. The topological polar surface area (TPSA) is 53.4 Å². The monoisotopic (exact) mass is 447 g/mol. The molecule has 1 aromatic heterocycles. The van der Waals surface area contributed by atoms with E-state index in [4.69, 9.17) is 21.6 Å². The minimum Gasteiger partial charge on any atom is -0.367 e. The minimum absolute atomic E-state index is 0.407. The molecular formula is C26H30ClN5. The first-order valence-corrected chi connectivity index (χ1v) is 11.7. The molecule has 3 aromatic rings. The number of anilines is 1. The van der Waals surface area contributed by atoms with Crippen LogP contribution in [0, 0.1) is 6.92 Å². The van der Waals surface area contributed by atoms with Crippen molar-refractivity contribution in [2.24, 2.45) is 4.99 Å². The molecule has 1 aliphatic rings. The maximum atomic E-state index is 6.00. The Morgan fingerprint density at radius 3 is 2.72 bits per heavy atom. The van der Waals surface area contributed by atoms with Crippen molar-refractivity contribution >= 4 is 46.8 Å². The lowest BCUT2D eigenvalue weighted by Gasteiger charge is -2.27. The Kier molecular flexibility index (Phi) is 7.38. The van der Waals surface area contributed by atoms with Gasteiger partial charge < -0.3 is 10.2 Å². The molecule has 0 fully saturated rings. The summed E-state index contributed by atoms with van der Waals surface area (Å²) in [6.07, 6.45) is 9.51. The molecule has 0 bridgehead atoms. The highest BCUT2D eigenvalue weighted by atomic mass is 35.5. The van der Waals surface area contributed by atoms with Crippen LogP contribution in [0.3, 0.4) is 0 Å². The first-order valence-electron chi connectivity index (χ1n) is 11.3. The number of unbranched alkanes of at least 4 members (excludes halogenated alkanes) is 1. The van der Waals surface area contributed by atoms with E-state index in [0.29, 0.717) is 11.9 Å². The molecule has 0 spiro atoms. The molecule has 4 rings (SSSR count). The fourth-order valence-electron chi connectivity index (χ4n) is 3.92. The summed E-state index contributed by atoms with van der Waals surface area (Å²) in [6.45, 7) is 7.05. The lowest BCUT2D eigenvalue weighted by Crippen LogP contribution is -2.38. The molecule has 1 atom stereocenters. The van der Waals surface area contributed by atoms with Crippen molar-refractivity contribution in [3.8, 4) is 0 Å². The number of aryl methyl sites for hydroxylation is 1. The van der Waals surface area contributed by atoms with Crippen molar-refractivity contribution in [1.29, 1.82) is 0 Å². The number of halogens is 1. The largest absolute Gasteiger partial charge is 0.367 e. The van der Waals surface area contributed by atoms with E-state index in [-0.39, 0.29) is 0 Å². The summed E-state index contributed by atoms with van der Waals surface area (Å²) in [6, 6.07) is 14.5. The second-order valence-corrected chi connectivity index (χ2v) is 8.71. The highest BCUT2D eigenvalue weighted by molar-refractivity contribution is 6.30. The molecule has 32 heavy (non-hydrogen) atoms. The fourth-order valence-corrected chi connectivity index (χ4v) is 4.05. The molecule has 166 valence electrons. The number of hydrogen-bond acceptors (Lipinski definition) is 5. The van der Waals surface area contributed by atoms with Crippen LogP contribution in [0.2, 0.25) is 5.02 Å². The van der Waals surface area contributed by atoms with Gasteiger partial charge in [-0.2, -0.15) is 0 Å². The van der Waals surface area contributed by atoms with Crippen LogP contribution < -0.4 is 5.32 Å². The number of benzene rings is 2. The smallest absolute Gasteiger partial charge is 0.154 e. The van der Waals surface area contributed by atoms with Gasteiger partial charge in [-0.1, -0.05) is 61.2 Å². The Morgan fingerprint density at radius 2 is 1.97 bits per heavy atom. The van der Waals surface area contributed by atoms with E-state index in [1.54, 1.807) is 0 Å². The molecular weight excluding hydrogens is 418 g/mol. The van der Waals surface area contributed by atoms with Crippen LogP contribution in [0.5, 0.6) is 0 Å². The second-order valence-electron chi connectivity index (χ2n) is 8.27. The van der Waals surface area contributed by atoms with Crippen LogP contribution in [0.1, 0.15) is 43.1 Å². The first-order chi connectivity index (χ1) is 15.6. The van der Waals surface area contributed by atoms with Crippen molar-refractivity contribution < 1.29 is 0 Å². The van der Waals surface area contributed by atoms with Crippen LogP contribution in [0.4, 0.5) is 5.82 Å². The van der Waals surface area contributed by atoms with Gasteiger partial charge in [0.25, 0.3) is 0 Å². The van der Waals surface area contributed by atoms with Gasteiger partial charge in [-0.3, -0.25) is 4.99 Å². The third-order valence-corrected chi connectivity index (χ3v) is 6.00. The van der Waals surface area contributed by atoms with Crippen LogP contribution in [0.25, 0.3) is 23.1 Å². The van der Waals surface area contributed by atoms with Crippen molar-refractivity contribution in [1.82, 2.24) is 14.9 Å². The zero-order chi connectivity index (χ0) is 22.3. The Labute approximate surface area is 195 Å². The highest BCUT2D eigenvalue weighted by Crippen LogP contribution is 2.23.